The number of carbonyl (C=O) groups is 2. The molecular formula is C19H19N5O3. The van der Waals surface area contributed by atoms with Crippen molar-refractivity contribution in [3.8, 4) is 0 Å². The molecule has 8 heteroatoms. The van der Waals surface area contributed by atoms with Crippen LogP contribution in [0.3, 0.4) is 0 Å². The molecule has 0 saturated carbocycles. The van der Waals surface area contributed by atoms with Gasteiger partial charge in [0, 0.05) is 6.54 Å². The second-order valence-corrected chi connectivity index (χ2v) is 6.07. The van der Waals surface area contributed by atoms with Crippen LogP contribution in [0, 0.1) is 6.92 Å². The van der Waals surface area contributed by atoms with E-state index in [0.29, 0.717) is 17.8 Å². The van der Waals surface area contributed by atoms with Crippen LogP contribution >= 0.6 is 0 Å². The molecule has 2 aromatic carbocycles. The zero-order valence-electron chi connectivity index (χ0n) is 14.7. The summed E-state index contributed by atoms with van der Waals surface area (Å²) in [5.41, 5.74) is 2.38. The van der Waals surface area contributed by atoms with Gasteiger partial charge in [0.15, 0.2) is 0 Å². The molecule has 1 aromatic heterocycles. The van der Waals surface area contributed by atoms with E-state index in [4.69, 9.17) is 0 Å². The summed E-state index contributed by atoms with van der Waals surface area (Å²) in [6, 6.07) is 14.6. The number of aryl methyl sites for hydroxylation is 1. The van der Waals surface area contributed by atoms with Crippen molar-refractivity contribution in [2.75, 3.05) is 5.32 Å². The molecule has 8 nitrogen and oxygen atoms in total. The van der Waals surface area contributed by atoms with Gasteiger partial charge in [0.1, 0.15) is 5.82 Å². The van der Waals surface area contributed by atoms with E-state index in [1.807, 2.05) is 31.2 Å². The van der Waals surface area contributed by atoms with Crippen molar-refractivity contribution in [3.63, 3.8) is 0 Å². The molecule has 27 heavy (non-hydrogen) atoms. The summed E-state index contributed by atoms with van der Waals surface area (Å²) >= 11 is 0. The van der Waals surface area contributed by atoms with Crippen LogP contribution in [0.5, 0.6) is 0 Å². The van der Waals surface area contributed by atoms with Gasteiger partial charge >= 0.3 is 5.69 Å². The highest BCUT2D eigenvalue weighted by atomic mass is 16.2. The Hall–Kier alpha value is -3.68. The highest BCUT2D eigenvalue weighted by molar-refractivity contribution is 6.03. The maximum absolute atomic E-state index is 12.5. The molecule has 4 N–H and O–H groups in total. The molecule has 0 fully saturated rings. The summed E-state index contributed by atoms with van der Waals surface area (Å²) < 4.78 is 0. The van der Waals surface area contributed by atoms with Gasteiger partial charge < -0.3 is 10.6 Å². The lowest BCUT2D eigenvalue weighted by atomic mass is 10.1. The minimum absolute atomic E-state index is 0.113. The number of hydrogen-bond acceptors (Lipinski definition) is 4. The van der Waals surface area contributed by atoms with E-state index in [2.05, 4.69) is 25.8 Å². The molecular weight excluding hydrogens is 346 g/mol. The Labute approximate surface area is 155 Å². The summed E-state index contributed by atoms with van der Waals surface area (Å²) in [7, 11) is 0. The van der Waals surface area contributed by atoms with Gasteiger partial charge in [0.2, 0.25) is 5.91 Å². The smallest absolute Gasteiger partial charge is 0.340 e. The standard InChI is InChI=1S/C19H19N5O3/c1-12-5-4-6-13(9-12)11-20-18(26)14-7-2-3-8-15(14)21-17(25)10-16-22-19(27)24-23-16/h2-9H,10-11H2,1H3,(H,20,26)(H,21,25)(H2,22,23,24,27). The van der Waals surface area contributed by atoms with Crippen molar-refractivity contribution < 1.29 is 9.59 Å². The third-order valence-electron chi connectivity index (χ3n) is 3.86. The normalized spacial score (nSPS) is 10.4. The Morgan fingerprint density at radius 1 is 1.11 bits per heavy atom. The number of anilines is 1. The Balaban J connectivity index is 1.66. The van der Waals surface area contributed by atoms with Gasteiger partial charge in [-0.05, 0) is 24.6 Å². The van der Waals surface area contributed by atoms with Crippen LogP contribution in [-0.2, 0) is 17.8 Å². The lowest BCUT2D eigenvalue weighted by Gasteiger charge is -2.11. The average molecular weight is 365 g/mol. The number of amides is 2. The molecule has 0 aliphatic rings. The van der Waals surface area contributed by atoms with Crippen LogP contribution in [0.1, 0.15) is 27.3 Å². The quantitative estimate of drug-likeness (QED) is 0.529. The van der Waals surface area contributed by atoms with Crippen molar-refractivity contribution in [1.82, 2.24) is 20.5 Å². The Bertz CT molecular complexity index is 1020. The topological polar surface area (TPSA) is 120 Å². The third kappa shape index (κ3) is 4.91. The predicted molar refractivity (Wildman–Crippen MR) is 100 cm³/mol. The first kappa shape index (κ1) is 18.1. The maximum Gasteiger partial charge on any atom is 0.340 e. The fraction of sp³-hybridized carbons (Fsp3) is 0.158. The van der Waals surface area contributed by atoms with Gasteiger partial charge in [-0.3, -0.25) is 14.6 Å². The second kappa shape index (κ2) is 8.13. The van der Waals surface area contributed by atoms with Gasteiger partial charge in [-0.15, -0.1) is 0 Å². The summed E-state index contributed by atoms with van der Waals surface area (Å²) in [5, 5.41) is 11.4. The minimum atomic E-state index is -0.478. The molecule has 0 aliphatic carbocycles. The molecule has 3 aromatic rings. The van der Waals surface area contributed by atoms with Crippen molar-refractivity contribution >= 4 is 17.5 Å². The number of carbonyl (C=O) groups excluding carboxylic acids is 2. The second-order valence-electron chi connectivity index (χ2n) is 6.07. The van der Waals surface area contributed by atoms with Gasteiger partial charge in [-0.1, -0.05) is 42.0 Å². The number of aromatic amines is 2. The first-order valence-electron chi connectivity index (χ1n) is 8.37. The van der Waals surface area contributed by atoms with E-state index in [0.717, 1.165) is 11.1 Å². The zero-order valence-corrected chi connectivity index (χ0v) is 14.7. The summed E-state index contributed by atoms with van der Waals surface area (Å²) in [6.07, 6.45) is -0.113. The van der Waals surface area contributed by atoms with Crippen LogP contribution in [0.4, 0.5) is 5.69 Å². The number of H-pyrrole nitrogens is 2. The Morgan fingerprint density at radius 2 is 1.93 bits per heavy atom. The summed E-state index contributed by atoms with van der Waals surface area (Å²) in [6.45, 7) is 2.38. The van der Waals surface area contributed by atoms with Crippen LogP contribution in [0.15, 0.2) is 53.3 Å². The van der Waals surface area contributed by atoms with Crippen molar-refractivity contribution in [3.05, 3.63) is 81.5 Å². The number of nitrogens with one attached hydrogen (secondary N) is 4. The number of aromatic nitrogens is 3. The fourth-order valence-electron chi connectivity index (χ4n) is 2.63. The summed E-state index contributed by atoms with van der Waals surface area (Å²) in [5.74, 6) is -0.462. The molecule has 0 atom stereocenters. The fourth-order valence-corrected chi connectivity index (χ4v) is 2.63. The van der Waals surface area contributed by atoms with E-state index in [-0.39, 0.29) is 18.2 Å². The number of hydrogen-bond donors (Lipinski definition) is 4. The largest absolute Gasteiger partial charge is 0.348 e. The van der Waals surface area contributed by atoms with Gasteiger partial charge in [-0.2, -0.15) is 5.10 Å². The van der Waals surface area contributed by atoms with E-state index >= 15 is 0 Å². The highest BCUT2D eigenvalue weighted by Crippen LogP contribution is 2.15. The van der Waals surface area contributed by atoms with Crippen molar-refractivity contribution in [2.24, 2.45) is 0 Å². The van der Waals surface area contributed by atoms with Crippen molar-refractivity contribution in [2.45, 2.75) is 19.9 Å². The molecule has 0 radical (unpaired) electrons. The van der Waals surface area contributed by atoms with Gasteiger partial charge in [0.05, 0.1) is 17.7 Å². The lowest BCUT2D eigenvalue weighted by molar-refractivity contribution is -0.115. The molecule has 0 spiro atoms. The van der Waals surface area contributed by atoms with Crippen molar-refractivity contribution in [1.29, 1.82) is 0 Å². The molecule has 0 bridgehead atoms. The van der Waals surface area contributed by atoms with Crippen LogP contribution in [0.2, 0.25) is 0 Å². The molecule has 0 saturated heterocycles. The molecule has 2 amide bonds. The Kier molecular flexibility index (Phi) is 5.46. The number of para-hydroxylation sites is 1. The Morgan fingerprint density at radius 3 is 2.67 bits per heavy atom. The number of benzene rings is 2. The number of rotatable bonds is 6. The van der Waals surface area contributed by atoms with E-state index in [1.165, 1.54) is 0 Å². The zero-order chi connectivity index (χ0) is 19.2. The SMILES string of the molecule is Cc1cccc(CNC(=O)c2ccccc2NC(=O)Cc2n[nH]c(=O)[nH]2)c1. The maximum atomic E-state index is 12.5. The molecule has 0 unspecified atom stereocenters. The van der Waals surface area contributed by atoms with Crippen LogP contribution in [0.25, 0.3) is 0 Å². The van der Waals surface area contributed by atoms with Gasteiger partial charge in [0.25, 0.3) is 5.91 Å². The molecule has 0 aliphatic heterocycles. The van der Waals surface area contributed by atoms with E-state index in [1.54, 1.807) is 24.3 Å². The first-order chi connectivity index (χ1) is 13.0. The molecule has 3 rings (SSSR count). The first-order valence-corrected chi connectivity index (χ1v) is 8.37. The van der Waals surface area contributed by atoms with E-state index < -0.39 is 11.6 Å². The number of nitrogens with zero attached hydrogens (tertiary/aromatic N) is 1. The third-order valence-corrected chi connectivity index (χ3v) is 3.86. The molecule has 1 heterocycles. The predicted octanol–water partition coefficient (Wildman–Crippen LogP) is 1.52. The van der Waals surface area contributed by atoms with Crippen LogP contribution < -0.4 is 16.3 Å². The lowest BCUT2D eigenvalue weighted by Crippen LogP contribution is -2.25. The highest BCUT2D eigenvalue weighted by Gasteiger charge is 2.14. The van der Waals surface area contributed by atoms with Crippen LogP contribution in [-0.4, -0.2) is 27.0 Å². The van der Waals surface area contributed by atoms with E-state index in [9.17, 15) is 14.4 Å². The average Bonchev–Trinajstić information content (AvgIpc) is 3.05. The molecule has 138 valence electrons. The minimum Gasteiger partial charge on any atom is -0.348 e. The monoisotopic (exact) mass is 365 g/mol. The summed E-state index contributed by atoms with van der Waals surface area (Å²) in [4.78, 5) is 38.1. The van der Waals surface area contributed by atoms with Gasteiger partial charge in [-0.25, -0.2) is 9.89 Å².